The summed E-state index contributed by atoms with van der Waals surface area (Å²) in [5.41, 5.74) is 1.45. The van der Waals surface area contributed by atoms with Crippen LogP contribution in [0.1, 0.15) is 43.2 Å². The van der Waals surface area contributed by atoms with E-state index in [1.54, 1.807) is 0 Å². The largest absolute Gasteiger partial charge is 0.329 e. The van der Waals surface area contributed by atoms with Crippen molar-refractivity contribution in [2.24, 2.45) is 0 Å². The highest BCUT2D eigenvalue weighted by Gasteiger charge is 2.28. The number of nitrogens with zero attached hydrogens (tertiary/aromatic N) is 2. The van der Waals surface area contributed by atoms with Gasteiger partial charge in [0.15, 0.2) is 0 Å². The first-order valence-electron chi connectivity index (χ1n) is 5.63. The minimum Gasteiger partial charge on any atom is -0.329 e. The fraction of sp³-hybridized carbons (Fsp3) is 0.727. The summed E-state index contributed by atoms with van der Waals surface area (Å²) in [6.45, 7) is 4.55. The molecule has 3 rings (SSSR count). The topological polar surface area (TPSA) is 29.9 Å². The Balaban J connectivity index is 2.00. The Morgan fingerprint density at radius 1 is 1.50 bits per heavy atom. The lowest BCUT2D eigenvalue weighted by Crippen LogP contribution is -2.41. The van der Waals surface area contributed by atoms with Crippen LogP contribution in [0.4, 0.5) is 0 Å². The van der Waals surface area contributed by atoms with E-state index in [4.69, 9.17) is 0 Å². The van der Waals surface area contributed by atoms with Crippen LogP contribution < -0.4 is 5.32 Å². The van der Waals surface area contributed by atoms with E-state index < -0.39 is 0 Å². The van der Waals surface area contributed by atoms with Crippen molar-refractivity contribution in [2.45, 2.75) is 38.1 Å². The highest BCUT2D eigenvalue weighted by molar-refractivity contribution is 5.15. The Morgan fingerprint density at radius 2 is 2.36 bits per heavy atom. The van der Waals surface area contributed by atoms with Crippen LogP contribution in [0.15, 0.2) is 6.20 Å². The molecule has 1 N–H and O–H groups in total. The molecule has 0 radical (unpaired) electrons. The molecule has 0 saturated carbocycles. The first-order valence-corrected chi connectivity index (χ1v) is 5.63. The number of aryl methyl sites for hydroxylation is 1. The minimum atomic E-state index is 0.664. The van der Waals surface area contributed by atoms with Gasteiger partial charge in [-0.15, -0.1) is 0 Å². The third-order valence-electron chi connectivity index (χ3n) is 3.54. The summed E-state index contributed by atoms with van der Waals surface area (Å²) >= 11 is 0. The van der Waals surface area contributed by atoms with Crippen molar-refractivity contribution in [3.8, 4) is 0 Å². The van der Waals surface area contributed by atoms with Gasteiger partial charge in [-0.2, -0.15) is 0 Å². The second-order valence-electron chi connectivity index (χ2n) is 4.57. The quantitative estimate of drug-likeness (QED) is 0.728. The molecule has 3 heterocycles. The van der Waals surface area contributed by atoms with Gasteiger partial charge in [-0.25, -0.2) is 4.98 Å². The lowest BCUT2D eigenvalue weighted by molar-refractivity contribution is 0.366. The summed E-state index contributed by atoms with van der Waals surface area (Å²) in [6.07, 6.45) is 5.95. The Kier molecular flexibility index (Phi) is 1.87. The molecule has 1 unspecified atom stereocenters. The molecular formula is C11H17N3. The molecule has 1 fully saturated rings. The monoisotopic (exact) mass is 191 g/mol. The lowest BCUT2D eigenvalue weighted by atomic mass is 9.99. The number of hydrogen-bond acceptors (Lipinski definition) is 2. The summed E-state index contributed by atoms with van der Waals surface area (Å²) in [7, 11) is 0. The molecule has 1 aromatic heterocycles. The molecule has 14 heavy (non-hydrogen) atoms. The molecule has 1 saturated heterocycles. The van der Waals surface area contributed by atoms with Gasteiger partial charge in [0.05, 0.1) is 0 Å². The Morgan fingerprint density at radius 3 is 3.07 bits per heavy atom. The van der Waals surface area contributed by atoms with Crippen molar-refractivity contribution >= 4 is 0 Å². The second-order valence-corrected chi connectivity index (χ2v) is 4.57. The third kappa shape index (κ3) is 1.12. The molecule has 3 heteroatoms. The molecule has 2 aliphatic rings. The predicted molar refractivity (Wildman–Crippen MR) is 55.5 cm³/mol. The lowest BCUT2D eigenvalue weighted by Gasteiger charge is -2.31. The molecule has 0 bridgehead atoms. The minimum absolute atomic E-state index is 0.664. The third-order valence-corrected chi connectivity index (χ3v) is 3.54. The van der Waals surface area contributed by atoms with Crippen LogP contribution in [0, 0.1) is 0 Å². The zero-order chi connectivity index (χ0) is 9.54. The molecule has 0 spiro atoms. The zero-order valence-corrected chi connectivity index (χ0v) is 8.66. The Labute approximate surface area is 84.5 Å². The molecule has 76 valence electrons. The summed E-state index contributed by atoms with van der Waals surface area (Å²) in [4.78, 5) is 4.59. The van der Waals surface area contributed by atoms with Gasteiger partial charge < -0.3 is 9.88 Å². The maximum Gasteiger partial charge on any atom is 0.114 e. The Hall–Kier alpha value is -0.830. The standard InChI is InChI=1S/C11H17N3/c1-8-3-2-4-10-7-13-11(14(8)10)9-5-12-6-9/h7-9,12H,2-6H2,1H3. The fourth-order valence-electron chi connectivity index (χ4n) is 2.59. The molecule has 0 amide bonds. The first-order chi connectivity index (χ1) is 6.86. The maximum absolute atomic E-state index is 4.59. The normalized spacial score (nSPS) is 27.1. The van der Waals surface area contributed by atoms with Crippen LogP contribution in [-0.4, -0.2) is 22.6 Å². The van der Waals surface area contributed by atoms with Gasteiger partial charge in [-0.3, -0.25) is 0 Å². The zero-order valence-electron chi connectivity index (χ0n) is 8.66. The Bertz CT molecular complexity index is 338. The summed E-state index contributed by atoms with van der Waals surface area (Å²) in [6, 6.07) is 0.664. The van der Waals surface area contributed by atoms with Gasteiger partial charge in [0.25, 0.3) is 0 Å². The average Bonchev–Trinajstić information content (AvgIpc) is 2.47. The average molecular weight is 191 g/mol. The van der Waals surface area contributed by atoms with Crippen LogP contribution in [-0.2, 0) is 6.42 Å². The van der Waals surface area contributed by atoms with Crippen molar-refractivity contribution in [3.05, 3.63) is 17.7 Å². The van der Waals surface area contributed by atoms with E-state index in [2.05, 4.69) is 28.0 Å². The molecule has 1 aromatic rings. The smallest absolute Gasteiger partial charge is 0.114 e. The van der Waals surface area contributed by atoms with Crippen molar-refractivity contribution in [1.29, 1.82) is 0 Å². The highest BCUT2D eigenvalue weighted by Crippen LogP contribution is 2.30. The molecule has 1 atom stereocenters. The van der Waals surface area contributed by atoms with Crippen LogP contribution in [0.2, 0.25) is 0 Å². The molecule has 3 nitrogen and oxygen atoms in total. The van der Waals surface area contributed by atoms with E-state index in [9.17, 15) is 0 Å². The maximum atomic E-state index is 4.59. The van der Waals surface area contributed by atoms with Gasteiger partial charge in [0, 0.05) is 36.9 Å². The summed E-state index contributed by atoms with van der Waals surface area (Å²) in [5.74, 6) is 2.00. The van der Waals surface area contributed by atoms with Crippen LogP contribution in [0.5, 0.6) is 0 Å². The second kappa shape index (κ2) is 3.09. The van der Waals surface area contributed by atoms with Gasteiger partial charge >= 0.3 is 0 Å². The number of rotatable bonds is 1. The van der Waals surface area contributed by atoms with E-state index >= 15 is 0 Å². The van der Waals surface area contributed by atoms with E-state index in [1.807, 2.05) is 0 Å². The van der Waals surface area contributed by atoms with Crippen molar-refractivity contribution in [3.63, 3.8) is 0 Å². The van der Waals surface area contributed by atoms with E-state index in [1.165, 1.54) is 30.8 Å². The van der Waals surface area contributed by atoms with E-state index in [-0.39, 0.29) is 0 Å². The number of fused-ring (bicyclic) bond motifs is 1. The van der Waals surface area contributed by atoms with Crippen molar-refractivity contribution in [1.82, 2.24) is 14.9 Å². The van der Waals surface area contributed by atoms with Gasteiger partial charge in [0.1, 0.15) is 5.82 Å². The molecule has 0 aromatic carbocycles. The molecular weight excluding hydrogens is 174 g/mol. The predicted octanol–water partition coefficient (Wildman–Crippen LogP) is 1.47. The van der Waals surface area contributed by atoms with E-state index in [0.29, 0.717) is 12.0 Å². The van der Waals surface area contributed by atoms with Crippen molar-refractivity contribution < 1.29 is 0 Å². The van der Waals surface area contributed by atoms with Crippen LogP contribution >= 0.6 is 0 Å². The number of aromatic nitrogens is 2. The number of imidazole rings is 1. The number of hydrogen-bond donors (Lipinski definition) is 1. The summed E-state index contributed by atoms with van der Waals surface area (Å²) < 4.78 is 2.48. The highest BCUT2D eigenvalue weighted by atomic mass is 15.1. The van der Waals surface area contributed by atoms with Crippen LogP contribution in [0.3, 0.4) is 0 Å². The first kappa shape index (κ1) is 8.48. The van der Waals surface area contributed by atoms with Crippen LogP contribution in [0.25, 0.3) is 0 Å². The van der Waals surface area contributed by atoms with Gasteiger partial charge in [-0.05, 0) is 26.2 Å². The van der Waals surface area contributed by atoms with Gasteiger partial charge in [0.2, 0.25) is 0 Å². The summed E-state index contributed by atoms with van der Waals surface area (Å²) in [5, 5.41) is 3.32. The number of nitrogens with one attached hydrogen (secondary N) is 1. The van der Waals surface area contributed by atoms with Crippen molar-refractivity contribution in [2.75, 3.05) is 13.1 Å². The van der Waals surface area contributed by atoms with E-state index in [0.717, 1.165) is 13.1 Å². The SMILES string of the molecule is CC1CCCc2cnc(C3CNC3)n21. The molecule has 0 aliphatic carbocycles. The van der Waals surface area contributed by atoms with Gasteiger partial charge in [-0.1, -0.05) is 0 Å². The molecule has 2 aliphatic heterocycles. The fourth-order valence-corrected chi connectivity index (χ4v) is 2.59.